The molecule has 1 amide bonds. The predicted molar refractivity (Wildman–Crippen MR) is 97.9 cm³/mol. The third kappa shape index (κ3) is 3.92. The van der Waals surface area contributed by atoms with Crippen molar-refractivity contribution in [1.29, 1.82) is 0 Å². The van der Waals surface area contributed by atoms with Crippen molar-refractivity contribution in [3.05, 3.63) is 60.2 Å². The van der Waals surface area contributed by atoms with E-state index < -0.39 is 0 Å². The van der Waals surface area contributed by atoms with E-state index in [-0.39, 0.29) is 11.2 Å². The van der Waals surface area contributed by atoms with Crippen LogP contribution in [0.4, 0.5) is 0 Å². The first-order valence-corrected chi connectivity index (χ1v) is 9.14. The average molecular weight is 342 g/mol. The molecule has 2 aromatic carbocycles. The van der Waals surface area contributed by atoms with Crippen LogP contribution in [0, 0.1) is 0 Å². The van der Waals surface area contributed by atoms with E-state index in [2.05, 4.69) is 11.1 Å². The number of thiazole rings is 1. The summed E-state index contributed by atoms with van der Waals surface area (Å²) < 4.78 is 2.10. The van der Waals surface area contributed by atoms with Crippen LogP contribution in [0.3, 0.4) is 0 Å². The zero-order valence-electron chi connectivity index (χ0n) is 13.1. The Morgan fingerprint density at radius 3 is 2.61 bits per heavy atom. The van der Waals surface area contributed by atoms with Gasteiger partial charge in [-0.3, -0.25) is 4.79 Å². The molecule has 1 aromatic heterocycles. The summed E-state index contributed by atoms with van der Waals surface area (Å²) in [6, 6.07) is 18.1. The average Bonchev–Trinajstić information content (AvgIpc) is 2.97. The molecular weight excluding hydrogens is 324 g/mol. The van der Waals surface area contributed by atoms with Crippen molar-refractivity contribution in [2.75, 3.05) is 7.05 Å². The Hall–Kier alpha value is -1.85. The van der Waals surface area contributed by atoms with Gasteiger partial charge in [-0.25, -0.2) is 4.98 Å². The number of rotatable bonds is 5. The number of carbonyl (C=O) groups is 1. The van der Waals surface area contributed by atoms with Crippen molar-refractivity contribution in [2.24, 2.45) is 0 Å². The molecule has 0 bridgehead atoms. The van der Waals surface area contributed by atoms with Gasteiger partial charge in [-0.2, -0.15) is 0 Å². The summed E-state index contributed by atoms with van der Waals surface area (Å²) in [5.74, 6) is 0.123. The third-order valence-corrected chi connectivity index (χ3v) is 5.76. The van der Waals surface area contributed by atoms with Gasteiger partial charge in [0.1, 0.15) is 0 Å². The third-order valence-electron chi connectivity index (χ3n) is 3.54. The quantitative estimate of drug-likeness (QED) is 0.643. The molecule has 0 aliphatic carbocycles. The molecule has 0 fully saturated rings. The molecule has 0 saturated carbocycles. The van der Waals surface area contributed by atoms with Crippen molar-refractivity contribution in [3.63, 3.8) is 0 Å². The van der Waals surface area contributed by atoms with Gasteiger partial charge in [0.25, 0.3) is 0 Å². The predicted octanol–water partition coefficient (Wildman–Crippen LogP) is 4.44. The summed E-state index contributed by atoms with van der Waals surface area (Å²) >= 11 is 3.17. The molecule has 23 heavy (non-hydrogen) atoms. The molecule has 5 heteroatoms. The van der Waals surface area contributed by atoms with Crippen molar-refractivity contribution < 1.29 is 4.79 Å². The molecule has 1 atom stereocenters. The van der Waals surface area contributed by atoms with Gasteiger partial charge in [-0.1, -0.05) is 54.2 Å². The Balaban J connectivity index is 1.64. The zero-order valence-corrected chi connectivity index (χ0v) is 14.7. The van der Waals surface area contributed by atoms with E-state index in [4.69, 9.17) is 0 Å². The highest BCUT2D eigenvalue weighted by molar-refractivity contribution is 8.02. The summed E-state index contributed by atoms with van der Waals surface area (Å²) in [6.45, 7) is 2.57. The highest BCUT2D eigenvalue weighted by atomic mass is 32.2. The van der Waals surface area contributed by atoms with Crippen LogP contribution in [0.25, 0.3) is 10.2 Å². The molecule has 3 nitrogen and oxygen atoms in total. The second-order valence-electron chi connectivity index (χ2n) is 5.39. The molecule has 0 aliphatic heterocycles. The van der Waals surface area contributed by atoms with E-state index >= 15 is 0 Å². The van der Waals surface area contributed by atoms with E-state index in [0.717, 1.165) is 20.1 Å². The Bertz CT molecular complexity index is 768. The van der Waals surface area contributed by atoms with Crippen LogP contribution in [0.15, 0.2) is 58.9 Å². The second kappa shape index (κ2) is 7.15. The minimum absolute atomic E-state index is 0.123. The van der Waals surface area contributed by atoms with Crippen LogP contribution in [0.2, 0.25) is 0 Å². The molecule has 0 N–H and O–H groups in total. The first kappa shape index (κ1) is 16.0. The molecule has 0 spiro atoms. The van der Waals surface area contributed by atoms with E-state index in [1.807, 2.05) is 62.5 Å². The van der Waals surface area contributed by atoms with E-state index in [1.54, 1.807) is 16.2 Å². The van der Waals surface area contributed by atoms with Gasteiger partial charge in [0.2, 0.25) is 5.91 Å². The fraction of sp³-hybridized carbons (Fsp3) is 0.222. The molecular formula is C18H18N2OS2. The Kier molecular flexibility index (Phi) is 4.98. The van der Waals surface area contributed by atoms with Crippen LogP contribution in [-0.4, -0.2) is 28.1 Å². The van der Waals surface area contributed by atoms with Gasteiger partial charge in [-0.15, -0.1) is 11.3 Å². The molecule has 118 valence electrons. The maximum absolute atomic E-state index is 12.5. The largest absolute Gasteiger partial charge is 0.340 e. The number of aromatic nitrogens is 1. The number of carbonyl (C=O) groups excluding carboxylic acids is 1. The number of para-hydroxylation sites is 1. The normalized spacial score (nSPS) is 12.3. The monoisotopic (exact) mass is 342 g/mol. The van der Waals surface area contributed by atoms with Crippen molar-refractivity contribution in [3.8, 4) is 0 Å². The van der Waals surface area contributed by atoms with E-state index in [9.17, 15) is 4.79 Å². The summed E-state index contributed by atoms with van der Waals surface area (Å²) in [4.78, 5) is 18.9. The molecule has 1 heterocycles. The van der Waals surface area contributed by atoms with Crippen molar-refractivity contribution in [1.82, 2.24) is 9.88 Å². The van der Waals surface area contributed by atoms with E-state index in [1.165, 1.54) is 11.8 Å². The Morgan fingerprint density at radius 1 is 1.17 bits per heavy atom. The van der Waals surface area contributed by atoms with Gasteiger partial charge in [0.15, 0.2) is 4.34 Å². The van der Waals surface area contributed by atoms with Crippen LogP contribution < -0.4 is 0 Å². The lowest BCUT2D eigenvalue weighted by molar-refractivity contribution is -0.129. The summed E-state index contributed by atoms with van der Waals surface area (Å²) in [6.07, 6.45) is 0. The summed E-state index contributed by atoms with van der Waals surface area (Å²) in [5.41, 5.74) is 2.14. The highest BCUT2D eigenvalue weighted by Gasteiger charge is 2.20. The molecule has 0 aliphatic rings. The Morgan fingerprint density at radius 2 is 1.87 bits per heavy atom. The topological polar surface area (TPSA) is 33.2 Å². The number of hydrogen-bond donors (Lipinski definition) is 0. The Labute approximate surface area is 144 Å². The minimum atomic E-state index is -0.149. The maximum atomic E-state index is 12.5. The van der Waals surface area contributed by atoms with Crippen LogP contribution in [0.1, 0.15) is 12.5 Å². The van der Waals surface area contributed by atoms with Gasteiger partial charge >= 0.3 is 0 Å². The number of thioether (sulfide) groups is 1. The fourth-order valence-electron chi connectivity index (χ4n) is 2.35. The SMILES string of the molecule is C[C@H](Sc1nc2ccccc2s1)C(=O)N(C)Cc1ccccc1. The zero-order chi connectivity index (χ0) is 16.2. The van der Waals surface area contributed by atoms with Crippen LogP contribution in [0.5, 0.6) is 0 Å². The molecule has 0 unspecified atom stereocenters. The molecule has 3 aromatic rings. The number of fused-ring (bicyclic) bond motifs is 1. The van der Waals surface area contributed by atoms with Gasteiger partial charge in [0.05, 0.1) is 15.5 Å². The smallest absolute Gasteiger partial charge is 0.235 e. The second-order valence-corrected chi connectivity index (χ2v) is 8.01. The lowest BCUT2D eigenvalue weighted by atomic mass is 10.2. The molecule has 0 radical (unpaired) electrons. The lowest BCUT2D eigenvalue weighted by Gasteiger charge is -2.20. The number of hydrogen-bond acceptors (Lipinski definition) is 4. The fourth-order valence-corrected chi connectivity index (χ4v) is 4.67. The van der Waals surface area contributed by atoms with Gasteiger partial charge in [0, 0.05) is 13.6 Å². The lowest BCUT2D eigenvalue weighted by Crippen LogP contribution is -2.32. The standard InChI is InChI=1S/C18H18N2OS2/c1-13(17(21)20(2)12-14-8-4-3-5-9-14)22-18-19-15-10-6-7-11-16(15)23-18/h3-11,13H,12H2,1-2H3/t13-/m0/s1. The van der Waals surface area contributed by atoms with Crippen molar-refractivity contribution in [2.45, 2.75) is 23.1 Å². The van der Waals surface area contributed by atoms with Crippen LogP contribution >= 0.6 is 23.1 Å². The minimum Gasteiger partial charge on any atom is -0.340 e. The first-order chi connectivity index (χ1) is 11.1. The van der Waals surface area contributed by atoms with Crippen LogP contribution in [-0.2, 0) is 11.3 Å². The summed E-state index contributed by atoms with van der Waals surface area (Å²) in [7, 11) is 1.85. The number of benzene rings is 2. The molecule has 0 saturated heterocycles. The van der Waals surface area contributed by atoms with Gasteiger partial charge in [-0.05, 0) is 24.6 Å². The summed E-state index contributed by atoms with van der Waals surface area (Å²) in [5, 5.41) is -0.149. The number of nitrogens with zero attached hydrogens (tertiary/aromatic N) is 2. The molecule has 3 rings (SSSR count). The van der Waals surface area contributed by atoms with Gasteiger partial charge < -0.3 is 4.90 Å². The van der Waals surface area contributed by atoms with Crippen molar-refractivity contribution >= 4 is 39.2 Å². The maximum Gasteiger partial charge on any atom is 0.235 e. The first-order valence-electron chi connectivity index (χ1n) is 7.44. The van der Waals surface area contributed by atoms with E-state index in [0.29, 0.717) is 6.54 Å². The number of amides is 1. The highest BCUT2D eigenvalue weighted by Crippen LogP contribution is 2.32.